The van der Waals surface area contributed by atoms with E-state index in [0.717, 1.165) is 0 Å². The molecule has 0 saturated carbocycles. The minimum atomic E-state index is -0.564. The third kappa shape index (κ3) is 3.35. The third-order valence-corrected chi connectivity index (χ3v) is 4.83. The van der Waals surface area contributed by atoms with Gasteiger partial charge in [-0.05, 0) is 22.3 Å². The average Bonchev–Trinajstić information content (AvgIpc) is 3.15. The first kappa shape index (κ1) is 17.7. The van der Waals surface area contributed by atoms with Crippen LogP contribution in [0.15, 0.2) is 48.5 Å². The summed E-state index contributed by atoms with van der Waals surface area (Å²) >= 11 is 0. The zero-order valence-electron chi connectivity index (χ0n) is 13.6. The van der Waals surface area contributed by atoms with Gasteiger partial charge in [-0.15, -0.1) is 12.4 Å². The molecule has 132 valence electrons. The van der Waals surface area contributed by atoms with Crippen LogP contribution in [0.5, 0.6) is 0 Å². The second-order valence-electron chi connectivity index (χ2n) is 6.30. The highest BCUT2D eigenvalue weighted by Gasteiger charge is 2.30. The average molecular weight is 361 g/mol. The number of hydrogen-bond donors (Lipinski definition) is 3. The first-order valence-electron chi connectivity index (χ1n) is 8.24. The predicted molar refractivity (Wildman–Crippen MR) is 98.1 cm³/mol. The van der Waals surface area contributed by atoms with E-state index < -0.39 is 12.2 Å². The molecular weight excluding hydrogens is 340 g/mol. The number of halogens is 1. The number of β-amino-alcohol motifs (C(OH)–C–C–N with tert-alkyl or cyclic N) is 1. The molecule has 1 fully saturated rings. The summed E-state index contributed by atoms with van der Waals surface area (Å²) in [6.45, 7) is 1.34. The van der Waals surface area contributed by atoms with E-state index in [9.17, 15) is 9.90 Å². The first-order chi connectivity index (χ1) is 11.7. The van der Waals surface area contributed by atoms with E-state index in [2.05, 4.69) is 34.9 Å². The van der Waals surface area contributed by atoms with Crippen molar-refractivity contribution in [3.05, 3.63) is 59.7 Å². The van der Waals surface area contributed by atoms with E-state index in [1.165, 1.54) is 22.3 Å². The van der Waals surface area contributed by atoms with Crippen LogP contribution in [-0.4, -0.2) is 43.0 Å². The molecule has 1 saturated heterocycles. The van der Waals surface area contributed by atoms with Gasteiger partial charge >= 0.3 is 6.09 Å². The standard InChI is InChI=1S/C19H20N2O3.ClH/c22-18-10-20-9-17(18)21-19(23)24-11-16-14-7-3-1-5-12(14)13-6-2-4-8-15(13)16;/h1-8,16-18,20,22H,9-11H2,(H,21,23);1H/t17-,18-;/m1./s1. The van der Waals surface area contributed by atoms with Gasteiger partial charge in [0.05, 0.1) is 12.1 Å². The van der Waals surface area contributed by atoms with Gasteiger partial charge in [0.15, 0.2) is 0 Å². The molecule has 0 radical (unpaired) electrons. The fraction of sp³-hybridized carbons (Fsp3) is 0.316. The normalized spacial score (nSPS) is 21.2. The van der Waals surface area contributed by atoms with Crippen LogP contribution >= 0.6 is 12.4 Å². The van der Waals surface area contributed by atoms with Gasteiger partial charge in [0.2, 0.25) is 0 Å². The maximum Gasteiger partial charge on any atom is 0.407 e. The number of alkyl carbamates (subject to hydrolysis) is 1. The largest absolute Gasteiger partial charge is 0.449 e. The molecule has 3 N–H and O–H groups in total. The summed E-state index contributed by atoms with van der Waals surface area (Å²) in [7, 11) is 0. The van der Waals surface area contributed by atoms with Crippen molar-refractivity contribution in [2.75, 3.05) is 19.7 Å². The molecule has 1 aliphatic carbocycles. The highest BCUT2D eigenvalue weighted by Crippen LogP contribution is 2.44. The van der Waals surface area contributed by atoms with Crippen molar-refractivity contribution in [1.82, 2.24) is 10.6 Å². The van der Waals surface area contributed by atoms with Crippen LogP contribution in [-0.2, 0) is 4.74 Å². The number of carbonyl (C=O) groups is 1. The smallest absolute Gasteiger partial charge is 0.407 e. The van der Waals surface area contributed by atoms with Gasteiger partial charge < -0.3 is 20.5 Å². The lowest BCUT2D eigenvalue weighted by Crippen LogP contribution is -2.43. The lowest BCUT2D eigenvalue weighted by atomic mass is 9.98. The maximum absolute atomic E-state index is 12.1. The molecule has 2 aliphatic rings. The zero-order chi connectivity index (χ0) is 16.5. The highest BCUT2D eigenvalue weighted by atomic mass is 35.5. The van der Waals surface area contributed by atoms with Crippen LogP contribution in [0.2, 0.25) is 0 Å². The number of nitrogens with one attached hydrogen (secondary N) is 2. The number of aliphatic hydroxyl groups is 1. The van der Waals surface area contributed by atoms with Crippen LogP contribution < -0.4 is 10.6 Å². The Bertz CT molecular complexity index is 722. The molecule has 0 unspecified atom stereocenters. The Morgan fingerprint density at radius 3 is 2.24 bits per heavy atom. The van der Waals surface area contributed by atoms with Crippen LogP contribution in [0.1, 0.15) is 17.0 Å². The Morgan fingerprint density at radius 2 is 1.68 bits per heavy atom. The molecule has 0 aromatic heterocycles. The third-order valence-electron chi connectivity index (χ3n) is 4.83. The number of amides is 1. The molecular formula is C19H21ClN2O3. The quantitative estimate of drug-likeness (QED) is 0.785. The lowest BCUT2D eigenvalue weighted by molar-refractivity contribution is 0.121. The van der Waals surface area contributed by atoms with Crippen molar-refractivity contribution < 1.29 is 14.6 Å². The second kappa shape index (κ2) is 7.44. The molecule has 0 spiro atoms. The number of fused-ring (bicyclic) bond motifs is 3. The number of aliphatic hydroxyl groups excluding tert-OH is 1. The van der Waals surface area contributed by atoms with Crippen LogP contribution in [0, 0.1) is 0 Å². The summed E-state index contributed by atoms with van der Waals surface area (Å²) in [5.41, 5.74) is 4.79. The summed E-state index contributed by atoms with van der Waals surface area (Å²) in [6.07, 6.45) is -1.05. The van der Waals surface area contributed by atoms with E-state index in [-0.39, 0.29) is 31.0 Å². The van der Waals surface area contributed by atoms with Gasteiger partial charge in [-0.1, -0.05) is 48.5 Å². The Morgan fingerprint density at radius 1 is 1.08 bits per heavy atom. The SMILES string of the molecule is Cl.O=C(N[C@@H]1CNC[C@H]1O)OCC1c2ccccc2-c2ccccc21. The summed E-state index contributed by atoms with van der Waals surface area (Å²) in [5.74, 6) is 0.0507. The summed E-state index contributed by atoms with van der Waals surface area (Å²) < 4.78 is 5.46. The molecule has 1 heterocycles. The van der Waals surface area contributed by atoms with Crippen LogP contribution in [0.25, 0.3) is 11.1 Å². The van der Waals surface area contributed by atoms with Crippen LogP contribution in [0.4, 0.5) is 4.79 Å². The van der Waals surface area contributed by atoms with Gasteiger partial charge in [0.25, 0.3) is 0 Å². The highest BCUT2D eigenvalue weighted by molar-refractivity contribution is 5.85. The lowest BCUT2D eigenvalue weighted by Gasteiger charge is -2.18. The molecule has 2 aromatic rings. The van der Waals surface area contributed by atoms with Gasteiger partial charge in [-0.3, -0.25) is 0 Å². The monoisotopic (exact) mass is 360 g/mol. The van der Waals surface area contributed by atoms with E-state index >= 15 is 0 Å². The van der Waals surface area contributed by atoms with Gasteiger partial charge in [0.1, 0.15) is 6.61 Å². The first-order valence-corrected chi connectivity index (χ1v) is 8.24. The van der Waals surface area contributed by atoms with Crippen molar-refractivity contribution in [3.63, 3.8) is 0 Å². The zero-order valence-corrected chi connectivity index (χ0v) is 14.5. The maximum atomic E-state index is 12.1. The molecule has 4 rings (SSSR count). The van der Waals surface area contributed by atoms with E-state index in [1.807, 2.05) is 24.3 Å². The van der Waals surface area contributed by atoms with E-state index in [0.29, 0.717) is 13.1 Å². The second-order valence-corrected chi connectivity index (χ2v) is 6.30. The van der Waals surface area contributed by atoms with Crippen molar-refractivity contribution in [3.8, 4) is 11.1 Å². The molecule has 1 aliphatic heterocycles. The Kier molecular flexibility index (Phi) is 5.27. The number of rotatable bonds is 3. The summed E-state index contributed by atoms with van der Waals surface area (Å²) in [6, 6.07) is 16.2. The van der Waals surface area contributed by atoms with Gasteiger partial charge in [-0.2, -0.15) is 0 Å². The van der Waals surface area contributed by atoms with E-state index in [1.54, 1.807) is 0 Å². The molecule has 1 amide bonds. The molecule has 5 nitrogen and oxygen atoms in total. The molecule has 25 heavy (non-hydrogen) atoms. The minimum absolute atomic E-state index is 0. The van der Waals surface area contributed by atoms with Crippen molar-refractivity contribution in [2.45, 2.75) is 18.1 Å². The van der Waals surface area contributed by atoms with Crippen molar-refractivity contribution in [2.24, 2.45) is 0 Å². The summed E-state index contributed by atoms with van der Waals surface area (Å²) in [5, 5.41) is 15.5. The van der Waals surface area contributed by atoms with E-state index in [4.69, 9.17) is 4.74 Å². The fourth-order valence-electron chi connectivity index (χ4n) is 3.60. The van der Waals surface area contributed by atoms with Crippen LogP contribution in [0.3, 0.4) is 0 Å². The fourth-order valence-corrected chi connectivity index (χ4v) is 3.60. The van der Waals surface area contributed by atoms with Crippen molar-refractivity contribution >= 4 is 18.5 Å². The molecule has 2 aromatic carbocycles. The topological polar surface area (TPSA) is 70.6 Å². The molecule has 2 atom stereocenters. The number of carbonyl (C=O) groups excluding carboxylic acids is 1. The van der Waals surface area contributed by atoms with Gasteiger partial charge in [-0.25, -0.2) is 4.79 Å². The predicted octanol–water partition coefficient (Wildman–Crippen LogP) is 2.28. The number of hydrogen-bond acceptors (Lipinski definition) is 4. The van der Waals surface area contributed by atoms with Gasteiger partial charge in [0, 0.05) is 19.0 Å². The Balaban J connectivity index is 0.00000182. The molecule has 0 bridgehead atoms. The molecule has 6 heteroatoms. The Hall–Kier alpha value is -2.08. The Labute approximate surface area is 152 Å². The number of ether oxygens (including phenoxy) is 1. The summed E-state index contributed by atoms with van der Waals surface area (Å²) in [4.78, 5) is 12.1. The van der Waals surface area contributed by atoms with Crippen molar-refractivity contribution in [1.29, 1.82) is 0 Å². The number of benzene rings is 2. The minimum Gasteiger partial charge on any atom is -0.449 e.